The summed E-state index contributed by atoms with van der Waals surface area (Å²) in [5.74, 6) is 0.128. The van der Waals surface area contributed by atoms with Gasteiger partial charge in [-0.3, -0.25) is 4.79 Å². The topological polar surface area (TPSA) is 63.2 Å². The second kappa shape index (κ2) is 6.82. The van der Waals surface area contributed by atoms with Crippen LogP contribution in [0.5, 0.6) is 0 Å². The predicted molar refractivity (Wildman–Crippen MR) is 86.7 cm³/mol. The average Bonchev–Trinajstić information content (AvgIpc) is 2.86. The Morgan fingerprint density at radius 1 is 1.18 bits per heavy atom. The molecular formula is C17H25NO3S. The average molecular weight is 323 g/mol. The van der Waals surface area contributed by atoms with Crippen LogP contribution in [-0.4, -0.2) is 14.3 Å². The predicted octanol–water partition coefficient (Wildman–Crippen LogP) is 3.49. The molecular weight excluding hydrogens is 298 g/mol. The van der Waals surface area contributed by atoms with Crippen molar-refractivity contribution >= 4 is 15.9 Å². The summed E-state index contributed by atoms with van der Waals surface area (Å²) in [5.41, 5.74) is -0.0234. The summed E-state index contributed by atoms with van der Waals surface area (Å²) in [6.07, 6.45) is 5.58. The van der Waals surface area contributed by atoms with E-state index in [1.807, 2.05) is 0 Å². The summed E-state index contributed by atoms with van der Waals surface area (Å²) in [6, 6.07) is 8.04. The van der Waals surface area contributed by atoms with Crippen molar-refractivity contribution in [3.63, 3.8) is 0 Å². The van der Waals surface area contributed by atoms with Crippen LogP contribution in [0.3, 0.4) is 0 Å². The summed E-state index contributed by atoms with van der Waals surface area (Å²) < 4.78 is 26.7. The summed E-state index contributed by atoms with van der Waals surface area (Å²) in [7, 11) is -3.76. The molecule has 1 amide bonds. The normalized spacial score (nSPS) is 17.6. The third kappa shape index (κ3) is 4.32. The van der Waals surface area contributed by atoms with Crippen LogP contribution >= 0.6 is 0 Å². The van der Waals surface area contributed by atoms with Gasteiger partial charge in [0, 0.05) is 6.42 Å². The van der Waals surface area contributed by atoms with Gasteiger partial charge in [-0.15, -0.1) is 0 Å². The first-order valence-electron chi connectivity index (χ1n) is 7.94. The van der Waals surface area contributed by atoms with Crippen LogP contribution in [0, 0.1) is 11.3 Å². The van der Waals surface area contributed by atoms with Gasteiger partial charge in [-0.25, -0.2) is 13.1 Å². The Bertz CT molecular complexity index is 602. The van der Waals surface area contributed by atoms with E-state index in [1.54, 1.807) is 18.2 Å². The number of sulfonamides is 1. The smallest absolute Gasteiger partial charge is 0.264 e. The Balaban J connectivity index is 2.06. The summed E-state index contributed by atoms with van der Waals surface area (Å²) >= 11 is 0. The molecule has 1 aliphatic carbocycles. The number of nitrogens with one attached hydrogen (secondary N) is 1. The van der Waals surface area contributed by atoms with Gasteiger partial charge in [0.05, 0.1) is 4.90 Å². The summed E-state index contributed by atoms with van der Waals surface area (Å²) in [5, 5.41) is 0. The van der Waals surface area contributed by atoms with E-state index in [2.05, 4.69) is 18.6 Å². The Morgan fingerprint density at radius 2 is 1.77 bits per heavy atom. The number of benzene rings is 1. The van der Waals surface area contributed by atoms with Gasteiger partial charge in [-0.2, -0.15) is 0 Å². The molecule has 0 atom stereocenters. The van der Waals surface area contributed by atoms with E-state index in [4.69, 9.17) is 0 Å². The molecule has 4 nitrogen and oxygen atoms in total. The molecule has 0 radical (unpaired) electrons. The zero-order valence-electron chi connectivity index (χ0n) is 13.3. The molecule has 1 fully saturated rings. The first-order valence-corrected chi connectivity index (χ1v) is 9.42. The summed E-state index contributed by atoms with van der Waals surface area (Å²) in [4.78, 5) is 12.4. The van der Waals surface area contributed by atoms with Crippen molar-refractivity contribution in [1.82, 2.24) is 4.72 Å². The highest BCUT2D eigenvalue weighted by atomic mass is 32.2. The fraction of sp³-hybridized carbons (Fsp3) is 0.588. The number of hydrogen-bond acceptors (Lipinski definition) is 3. The Kier molecular flexibility index (Phi) is 5.27. The van der Waals surface area contributed by atoms with Gasteiger partial charge in [0.2, 0.25) is 5.91 Å². The monoisotopic (exact) mass is 323 g/mol. The minimum Gasteiger partial charge on any atom is -0.274 e. The third-order valence-electron chi connectivity index (χ3n) is 4.34. The number of carbonyl (C=O) groups excluding carboxylic acids is 1. The lowest BCUT2D eigenvalue weighted by Crippen LogP contribution is -2.35. The molecule has 0 spiro atoms. The van der Waals surface area contributed by atoms with E-state index in [1.165, 1.54) is 12.1 Å². The van der Waals surface area contributed by atoms with E-state index in [0.29, 0.717) is 12.3 Å². The van der Waals surface area contributed by atoms with Crippen molar-refractivity contribution in [2.75, 3.05) is 0 Å². The fourth-order valence-electron chi connectivity index (χ4n) is 3.63. The minimum absolute atomic E-state index is 0.0234. The lowest BCUT2D eigenvalue weighted by atomic mass is 9.76. The van der Waals surface area contributed by atoms with Gasteiger partial charge >= 0.3 is 0 Å². The molecule has 1 aromatic rings. The van der Waals surface area contributed by atoms with E-state index in [9.17, 15) is 13.2 Å². The molecule has 0 aliphatic heterocycles. The third-order valence-corrected chi connectivity index (χ3v) is 5.73. The molecule has 5 heteroatoms. The zero-order valence-corrected chi connectivity index (χ0v) is 14.2. The van der Waals surface area contributed by atoms with Crippen molar-refractivity contribution in [1.29, 1.82) is 0 Å². The fourth-order valence-corrected chi connectivity index (χ4v) is 4.63. The van der Waals surface area contributed by atoms with Crippen molar-refractivity contribution in [2.24, 2.45) is 11.3 Å². The van der Waals surface area contributed by atoms with Crippen LogP contribution < -0.4 is 4.72 Å². The van der Waals surface area contributed by atoms with E-state index in [0.717, 1.165) is 32.1 Å². The summed E-state index contributed by atoms with van der Waals surface area (Å²) in [6.45, 7) is 4.30. The van der Waals surface area contributed by atoms with Crippen LogP contribution in [0.15, 0.2) is 35.2 Å². The number of amides is 1. The van der Waals surface area contributed by atoms with Gasteiger partial charge in [-0.1, -0.05) is 44.9 Å². The molecule has 0 unspecified atom stereocenters. The van der Waals surface area contributed by atoms with Crippen LogP contribution in [0.2, 0.25) is 0 Å². The maximum Gasteiger partial charge on any atom is 0.264 e. The number of carbonyl (C=O) groups is 1. The SMILES string of the molecule is CC(C)CC1(CC(=O)NS(=O)(=O)c2ccccc2)CCCC1. The second-order valence-electron chi connectivity index (χ2n) is 6.82. The highest BCUT2D eigenvalue weighted by Gasteiger charge is 2.37. The van der Waals surface area contributed by atoms with Crippen LogP contribution in [0.25, 0.3) is 0 Å². The maximum atomic E-state index is 12.3. The second-order valence-corrected chi connectivity index (χ2v) is 8.51. The van der Waals surface area contributed by atoms with Gasteiger partial charge < -0.3 is 0 Å². The molecule has 22 heavy (non-hydrogen) atoms. The molecule has 1 aromatic carbocycles. The van der Waals surface area contributed by atoms with Gasteiger partial charge in [0.15, 0.2) is 0 Å². The molecule has 2 rings (SSSR count). The van der Waals surface area contributed by atoms with E-state index < -0.39 is 10.0 Å². The molecule has 122 valence electrons. The minimum atomic E-state index is -3.76. The lowest BCUT2D eigenvalue weighted by molar-refractivity contribution is -0.121. The van der Waals surface area contributed by atoms with E-state index in [-0.39, 0.29) is 16.2 Å². The maximum absolute atomic E-state index is 12.3. The van der Waals surface area contributed by atoms with Crippen LogP contribution in [0.1, 0.15) is 52.4 Å². The van der Waals surface area contributed by atoms with Crippen molar-refractivity contribution in [3.05, 3.63) is 30.3 Å². The van der Waals surface area contributed by atoms with Crippen molar-refractivity contribution in [2.45, 2.75) is 57.3 Å². The Labute approximate surface area is 133 Å². The molecule has 1 saturated carbocycles. The molecule has 0 saturated heterocycles. The number of hydrogen-bond donors (Lipinski definition) is 1. The van der Waals surface area contributed by atoms with Crippen molar-refractivity contribution in [3.8, 4) is 0 Å². The van der Waals surface area contributed by atoms with Gasteiger partial charge in [-0.05, 0) is 42.7 Å². The molecule has 1 N–H and O–H groups in total. The first-order chi connectivity index (χ1) is 10.3. The molecule has 0 heterocycles. The lowest BCUT2D eigenvalue weighted by Gasteiger charge is -2.30. The largest absolute Gasteiger partial charge is 0.274 e. The van der Waals surface area contributed by atoms with Gasteiger partial charge in [0.1, 0.15) is 0 Å². The first kappa shape index (κ1) is 17.0. The standard InChI is InChI=1S/C17H25NO3S/c1-14(2)12-17(10-6-7-11-17)13-16(19)18-22(20,21)15-8-4-3-5-9-15/h3-5,8-9,14H,6-7,10-13H2,1-2H3,(H,18,19). The zero-order chi connectivity index (χ0) is 16.2. The molecule has 1 aliphatic rings. The quantitative estimate of drug-likeness (QED) is 0.871. The van der Waals surface area contributed by atoms with Crippen LogP contribution in [-0.2, 0) is 14.8 Å². The number of rotatable bonds is 6. The van der Waals surface area contributed by atoms with Crippen molar-refractivity contribution < 1.29 is 13.2 Å². The Hall–Kier alpha value is -1.36. The Morgan fingerprint density at radius 3 is 2.32 bits per heavy atom. The highest BCUT2D eigenvalue weighted by Crippen LogP contribution is 2.45. The van der Waals surface area contributed by atoms with Gasteiger partial charge in [0.25, 0.3) is 10.0 Å². The van der Waals surface area contributed by atoms with Crippen LogP contribution in [0.4, 0.5) is 0 Å². The highest BCUT2D eigenvalue weighted by molar-refractivity contribution is 7.90. The molecule has 0 aromatic heterocycles. The van der Waals surface area contributed by atoms with E-state index >= 15 is 0 Å². The molecule has 0 bridgehead atoms.